The maximum atomic E-state index is 14.6. The summed E-state index contributed by atoms with van der Waals surface area (Å²) >= 11 is 0. The van der Waals surface area contributed by atoms with Gasteiger partial charge < -0.3 is 14.8 Å². The highest BCUT2D eigenvalue weighted by atomic mass is 19.1. The third-order valence-electron chi connectivity index (χ3n) is 5.10. The van der Waals surface area contributed by atoms with E-state index in [1.807, 2.05) is 19.9 Å². The Hall–Kier alpha value is -3.32. The number of amides is 1. The van der Waals surface area contributed by atoms with Gasteiger partial charge in [0.1, 0.15) is 23.1 Å². The number of hydrogen-bond acceptors (Lipinski definition) is 5. The van der Waals surface area contributed by atoms with Crippen molar-refractivity contribution in [1.82, 2.24) is 4.98 Å². The molecule has 1 N–H and O–H groups in total. The number of halogens is 1. The Bertz CT molecular complexity index is 1100. The van der Waals surface area contributed by atoms with Crippen molar-refractivity contribution >= 4 is 28.8 Å². The first-order valence-corrected chi connectivity index (χ1v) is 10.7. The molecule has 0 unspecified atom stereocenters. The average molecular weight is 438 g/mol. The van der Waals surface area contributed by atoms with E-state index in [4.69, 9.17) is 9.47 Å². The smallest absolute Gasteiger partial charge is 0.211 e. The Balaban J connectivity index is 1.70. The van der Waals surface area contributed by atoms with Crippen molar-refractivity contribution in [2.24, 2.45) is 0 Å². The zero-order valence-corrected chi connectivity index (χ0v) is 18.3. The topological polar surface area (TPSA) is 77.5 Å². The van der Waals surface area contributed by atoms with Gasteiger partial charge in [-0.1, -0.05) is 6.07 Å². The molecular formula is C25H27FN2O4. The second-order valence-electron chi connectivity index (χ2n) is 7.48. The van der Waals surface area contributed by atoms with Crippen LogP contribution >= 0.6 is 0 Å². The highest BCUT2D eigenvalue weighted by Crippen LogP contribution is 2.32. The summed E-state index contributed by atoms with van der Waals surface area (Å²) in [7, 11) is 0. The van der Waals surface area contributed by atoms with Crippen molar-refractivity contribution in [1.29, 1.82) is 0 Å². The fraction of sp³-hybridized carbons (Fsp3) is 0.320. The van der Waals surface area contributed by atoms with E-state index < -0.39 is 5.82 Å². The lowest BCUT2D eigenvalue weighted by Crippen LogP contribution is -2.05. The standard InChI is InChI=1S/C25H27FN2O4/c1-3-31-11-5-4-6-19(30)13-18-7-8-20(14-22(18)26)32-25-9-10-27-24-12-17(2)23(28-16-29)15-21(24)25/h7-10,12,14-16H,3-6,11,13H2,1-2H3,(H,28,29). The minimum absolute atomic E-state index is 0.000211. The summed E-state index contributed by atoms with van der Waals surface area (Å²) in [4.78, 5) is 27.3. The Labute approximate surface area is 186 Å². The van der Waals surface area contributed by atoms with E-state index in [2.05, 4.69) is 10.3 Å². The van der Waals surface area contributed by atoms with Crippen molar-refractivity contribution in [2.45, 2.75) is 39.5 Å². The summed E-state index contributed by atoms with van der Waals surface area (Å²) in [5, 5.41) is 3.34. The molecule has 0 fully saturated rings. The molecule has 1 amide bonds. The molecule has 168 valence electrons. The third kappa shape index (κ3) is 6.11. The number of Topliss-reactive ketones (excluding diaryl/α,β-unsaturated/α-hetero) is 1. The van der Waals surface area contributed by atoms with E-state index in [1.165, 1.54) is 6.07 Å². The van der Waals surface area contributed by atoms with Crippen LogP contribution in [0.4, 0.5) is 10.1 Å². The van der Waals surface area contributed by atoms with E-state index in [0.29, 0.717) is 59.7 Å². The number of ketones is 1. The van der Waals surface area contributed by atoms with E-state index in [9.17, 15) is 14.0 Å². The molecule has 0 radical (unpaired) electrons. The molecule has 6 nitrogen and oxygen atoms in total. The number of carbonyl (C=O) groups is 2. The predicted octanol–water partition coefficient (Wildman–Crippen LogP) is 5.36. The highest BCUT2D eigenvalue weighted by molar-refractivity contribution is 5.91. The van der Waals surface area contributed by atoms with Crippen molar-refractivity contribution in [2.75, 3.05) is 18.5 Å². The minimum atomic E-state index is -0.484. The van der Waals surface area contributed by atoms with Gasteiger partial charge in [0.25, 0.3) is 0 Å². The Morgan fingerprint density at radius 2 is 2.03 bits per heavy atom. The third-order valence-corrected chi connectivity index (χ3v) is 5.10. The molecule has 3 aromatic rings. The molecule has 0 saturated heterocycles. The van der Waals surface area contributed by atoms with Gasteiger partial charge in [-0.3, -0.25) is 14.6 Å². The van der Waals surface area contributed by atoms with E-state index >= 15 is 0 Å². The second kappa shape index (κ2) is 11.3. The molecule has 1 aromatic heterocycles. The first-order valence-electron chi connectivity index (χ1n) is 10.7. The second-order valence-corrected chi connectivity index (χ2v) is 7.48. The maximum absolute atomic E-state index is 14.6. The normalized spacial score (nSPS) is 10.8. The van der Waals surface area contributed by atoms with Crippen LogP contribution in [-0.2, 0) is 20.7 Å². The van der Waals surface area contributed by atoms with E-state index in [0.717, 1.165) is 18.4 Å². The molecule has 2 aromatic carbocycles. The number of aryl methyl sites for hydroxylation is 1. The Morgan fingerprint density at radius 3 is 2.78 bits per heavy atom. The molecule has 0 bridgehead atoms. The van der Waals surface area contributed by atoms with Gasteiger partial charge in [-0.05, 0) is 62.1 Å². The molecule has 7 heteroatoms. The number of carbonyl (C=O) groups excluding carboxylic acids is 2. The van der Waals surface area contributed by atoms with Crippen LogP contribution in [0.25, 0.3) is 10.9 Å². The highest BCUT2D eigenvalue weighted by Gasteiger charge is 2.12. The van der Waals surface area contributed by atoms with Crippen molar-refractivity contribution in [3.05, 3.63) is 59.5 Å². The molecule has 0 atom stereocenters. The molecule has 0 saturated carbocycles. The summed E-state index contributed by atoms with van der Waals surface area (Å²) in [6, 6.07) is 9.80. The number of anilines is 1. The number of benzene rings is 2. The predicted molar refractivity (Wildman–Crippen MR) is 122 cm³/mol. The number of unbranched alkanes of at least 4 members (excludes halogenated alkanes) is 1. The quantitative estimate of drug-likeness (QED) is 0.304. The van der Waals surface area contributed by atoms with Gasteiger partial charge in [-0.2, -0.15) is 0 Å². The van der Waals surface area contributed by atoms with Crippen LogP contribution in [0, 0.1) is 12.7 Å². The van der Waals surface area contributed by atoms with E-state index in [-0.39, 0.29) is 12.2 Å². The Kier molecular flexibility index (Phi) is 8.27. The van der Waals surface area contributed by atoms with Crippen molar-refractivity contribution in [3.8, 4) is 11.5 Å². The summed E-state index contributed by atoms with van der Waals surface area (Å²) in [5.74, 6) is 0.317. The molecule has 0 aliphatic carbocycles. The van der Waals surface area contributed by atoms with Crippen LogP contribution in [0.1, 0.15) is 37.3 Å². The van der Waals surface area contributed by atoms with Gasteiger partial charge in [0.05, 0.1) is 5.52 Å². The van der Waals surface area contributed by atoms with Gasteiger partial charge in [0.2, 0.25) is 6.41 Å². The molecule has 1 heterocycles. The van der Waals surface area contributed by atoms with E-state index in [1.54, 1.807) is 30.5 Å². The monoisotopic (exact) mass is 438 g/mol. The van der Waals surface area contributed by atoms with Crippen LogP contribution in [0.3, 0.4) is 0 Å². The number of nitrogens with zero attached hydrogens (tertiary/aromatic N) is 1. The molecule has 32 heavy (non-hydrogen) atoms. The number of ether oxygens (including phenoxy) is 2. The van der Waals surface area contributed by atoms with Gasteiger partial charge in [-0.25, -0.2) is 4.39 Å². The maximum Gasteiger partial charge on any atom is 0.211 e. The largest absolute Gasteiger partial charge is 0.456 e. The molecule has 0 spiro atoms. The zero-order chi connectivity index (χ0) is 22.9. The fourth-order valence-electron chi connectivity index (χ4n) is 3.41. The average Bonchev–Trinajstić information content (AvgIpc) is 2.76. The van der Waals surface area contributed by atoms with Gasteiger partial charge in [0, 0.05) is 49.4 Å². The zero-order valence-electron chi connectivity index (χ0n) is 18.3. The van der Waals surface area contributed by atoms with Crippen LogP contribution in [0.15, 0.2) is 42.6 Å². The summed E-state index contributed by atoms with van der Waals surface area (Å²) < 4.78 is 25.8. The first-order chi connectivity index (χ1) is 15.5. The number of aromatic nitrogens is 1. The number of fused-ring (bicyclic) bond motifs is 1. The van der Waals surface area contributed by atoms with Crippen LogP contribution < -0.4 is 10.1 Å². The molecular weight excluding hydrogens is 411 g/mol. The van der Waals surface area contributed by atoms with Gasteiger partial charge in [0.15, 0.2) is 0 Å². The van der Waals surface area contributed by atoms with Crippen LogP contribution in [-0.4, -0.2) is 30.4 Å². The molecule has 0 aliphatic heterocycles. The molecule has 0 aliphatic rings. The van der Waals surface area contributed by atoms with Crippen molar-refractivity contribution < 1.29 is 23.5 Å². The van der Waals surface area contributed by atoms with Gasteiger partial charge >= 0.3 is 0 Å². The first kappa shape index (κ1) is 23.3. The summed E-state index contributed by atoms with van der Waals surface area (Å²) in [5.41, 5.74) is 2.56. The van der Waals surface area contributed by atoms with Crippen LogP contribution in [0.2, 0.25) is 0 Å². The number of hydrogen-bond donors (Lipinski definition) is 1. The molecule has 3 rings (SSSR count). The lowest BCUT2D eigenvalue weighted by Gasteiger charge is -2.12. The number of rotatable bonds is 12. The van der Waals surface area contributed by atoms with Crippen LogP contribution in [0.5, 0.6) is 11.5 Å². The SMILES string of the molecule is CCOCCCCC(=O)Cc1ccc(Oc2ccnc3cc(C)c(NC=O)cc23)cc1F. The number of pyridine rings is 1. The lowest BCUT2D eigenvalue weighted by molar-refractivity contribution is -0.118. The fourth-order valence-corrected chi connectivity index (χ4v) is 3.41. The Morgan fingerprint density at radius 1 is 1.19 bits per heavy atom. The lowest BCUT2D eigenvalue weighted by atomic mass is 10.0. The minimum Gasteiger partial charge on any atom is -0.456 e. The summed E-state index contributed by atoms with van der Waals surface area (Å²) in [6.07, 6.45) is 4.23. The summed E-state index contributed by atoms with van der Waals surface area (Å²) in [6.45, 7) is 5.11. The van der Waals surface area contributed by atoms with Crippen molar-refractivity contribution in [3.63, 3.8) is 0 Å². The van der Waals surface area contributed by atoms with Gasteiger partial charge in [-0.15, -0.1) is 0 Å². The number of nitrogens with one attached hydrogen (secondary N) is 1.